The zero-order valence-corrected chi connectivity index (χ0v) is 11.3. The molecule has 2 unspecified atom stereocenters. The third-order valence-corrected chi connectivity index (χ3v) is 3.54. The van der Waals surface area contributed by atoms with Crippen LogP contribution in [0.3, 0.4) is 0 Å². The summed E-state index contributed by atoms with van der Waals surface area (Å²) in [5.41, 5.74) is 15.6. The summed E-state index contributed by atoms with van der Waals surface area (Å²) in [4.78, 5) is 0. The van der Waals surface area contributed by atoms with Crippen LogP contribution < -0.4 is 16.2 Å². The third kappa shape index (κ3) is 2.99. The van der Waals surface area contributed by atoms with Crippen molar-refractivity contribution in [3.05, 3.63) is 28.8 Å². The van der Waals surface area contributed by atoms with Crippen molar-refractivity contribution in [3.8, 4) is 5.75 Å². The van der Waals surface area contributed by atoms with Crippen molar-refractivity contribution >= 4 is 0 Å². The van der Waals surface area contributed by atoms with Crippen LogP contribution in [0, 0.1) is 19.8 Å². The molecule has 17 heavy (non-hydrogen) atoms. The SMILES string of the molecule is CCC(CN)C(N)c1cc(C)c(C)cc1OC. The maximum atomic E-state index is 6.30. The number of hydrogen-bond acceptors (Lipinski definition) is 3. The summed E-state index contributed by atoms with van der Waals surface area (Å²) in [6.07, 6.45) is 0.980. The Bertz CT molecular complexity index is 373. The van der Waals surface area contributed by atoms with E-state index in [9.17, 15) is 0 Å². The van der Waals surface area contributed by atoms with E-state index < -0.39 is 0 Å². The molecule has 0 aliphatic rings. The van der Waals surface area contributed by atoms with Gasteiger partial charge in [-0.25, -0.2) is 0 Å². The van der Waals surface area contributed by atoms with Gasteiger partial charge in [-0.3, -0.25) is 0 Å². The lowest BCUT2D eigenvalue weighted by Crippen LogP contribution is -2.28. The highest BCUT2D eigenvalue weighted by molar-refractivity contribution is 5.43. The Labute approximate surface area is 104 Å². The van der Waals surface area contributed by atoms with Gasteiger partial charge in [0, 0.05) is 11.6 Å². The first kappa shape index (κ1) is 14.0. The lowest BCUT2D eigenvalue weighted by atomic mass is 9.89. The second kappa shape index (κ2) is 6.03. The molecule has 1 aromatic rings. The van der Waals surface area contributed by atoms with Crippen LogP contribution in [0.1, 0.15) is 36.1 Å². The van der Waals surface area contributed by atoms with Gasteiger partial charge in [-0.05, 0) is 43.5 Å². The zero-order chi connectivity index (χ0) is 13.0. The smallest absolute Gasteiger partial charge is 0.123 e. The first-order valence-electron chi connectivity index (χ1n) is 6.15. The Balaban J connectivity index is 3.15. The van der Waals surface area contributed by atoms with Gasteiger partial charge in [0.25, 0.3) is 0 Å². The highest BCUT2D eigenvalue weighted by atomic mass is 16.5. The quantitative estimate of drug-likeness (QED) is 0.824. The van der Waals surface area contributed by atoms with Gasteiger partial charge in [0.15, 0.2) is 0 Å². The molecule has 0 aliphatic heterocycles. The molecule has 3 heteroatoms. The largest absolute Gasteiger partial charge is 0.496 e. The van der Waals surface area contributed by atoms with E-state index in [4.69, 9.17) is 16.2 Å². The van der Waals surface area contributed by atoms with Crippen LogP contribution in [0.15, 0.2) is 12.1 Å². The Morgan fingerprint density at radius 3 is 2.29 bits per heavy atom. The maximum absolute atomic E-state index is 6.30. The lowest BCUT2D eigenvalue weighted by Gasteiger charge is -2.24. The molecular weight excluding hydrogens is 212 g/mol. The predicted octanol–water partition coefficient (Wildman–Crippen LogP) is 2.30. The van der Waals surface area contributed by atoms with E-state index in [-0.39, 0.29) is 6.04 Å². The van der Waals surface area contributed by atoms with Crippen LogP contribution in [0.25, 0.3) is 0 Å². The van der Waals surface area contributed by atoms with Crippen LogP contribution >= 0.6 is 0 Å². The average molecular weight is 236 g/mol. The fraction of sp³-hybridized carbons (Fsp3) is 0.571. The molecule has 96 valence electrons. The molecule has 4 N–H and O–H groups in total. The Morgan fingerprint density at radius 1 is 1.24 bits per heavy atom. The molecule has 0 aliphatic carbocycles. The Hall–Kier alpha value is -1.06. The minimum atomic E-state index is -0.0563. The summed E-state index contributed by atoms with van der Waals surface area (Å²) in [5, 5.41) is 0. The van der Waals surface area contributed by atoms with E-state index in [1.54, 1.807) is 7.11 Å². The summed E-state index contributed by atoms with van der Waals surface area (Å²) in [6, 6.07) is 4.12. The number of methoxy groups -OCH3 is 1. The molecule has 1 rings (SSSR count). The van der Waals surface area contributed by atoms with Gasteiger partial charge in [0.2, 0.25) is 0 Å². The van der Waals surface area contributed by atoms with E-state index in [1.807, 2.05) is 6.07 Å². The average Bonchev–Trinajstić information content (AvgIpc) is 2.33. The van der Waals surface area contributed by atoms with Gasteiger partial charge in [-0.2, -0.15) is 0 Å². The number of hydrogen-bond donors (Lipinski definition) is 2. The lowest BCUT2D eigenvalue weighted by molar-refractivity contribution is 0.380. The minimum Gasteiger partial charge on any atom is -0.496 e. The molecule has 0 saturated heterocycles. The molecule has 0 saturated carbocycles. The van der Waals surface area contributed by atoms with E-state index in [1.165, 1.54) is 11.1 Å². The maximum Gasteiger partial charge on any atom is 0.123 e. The Morgan fingerprint density at radius 2 is 1.82 bits per heavy atom. The van der Waals surface area contributed by atoms with Crippen molar-refractivity contribution in [2.75, 3.05) is 13.7 Å². The summed E-state index contributed by atoms with van der Waals surface area (Å²) >= 11 is 0. The zero-order valence-electron chi connectivity index (χ0n) is 11.3. The van der Waals surface area contributed by atoms with Crippen molar-refractivity contribution in [2.24, 2.45) is 17.4 Å². The van der Waals surface area contributed by atoms with Crippen LogP contribution in [-0.2, 0) is 0 Å². The second-order valence-corrected chi connectivity index (χ2v) is 4.61. The molecule has 1 aromatic carbocycles. The first-order chi connectivity index (χ1) is 8.04. The highest BCUT2D eigenvalue weighted by Gasteiger charge is 2.20. The van der Waals surface area contributed by atoms with Crippen LogP contribution in [0.4, 0.5) is 0 Å². The van der Waals surface area contributed by atoms with Crippen LogP contribution in [0.2, 0.25) is 0 Å². The number of aryl methyl sites for hydroxylation is 2. The van der Waals surface area contributed by atoms with Crippen LogP contribution in [-0.4, -0.2) is 13.7 Å². The summed E-state index contributed by atoms with van der Waals surface area (Å²) < 4.78 is 5.42. The minimum absolute atomic E-state index is 0.0563. The predicted molar refractivity (Wildman–Crippen MR) is 72.2 cm³/mol. The highest BCUT2D eigenvalue weighted by Crippen LogP contribution is 2.31. The van der Waals surface area contributed by atoms with Crippen molar-refractivity contribution in [1.29, 1.82) is 0 Å². The normalized spacial score (nSPS) is 14.5. The number of benzene rings is 1. The molecule has 0 fully saturated rings. The van der Waals surface area contributed by atoms with Gasteiger partial charge in [0.1, 0.15) is 5.75 Å². The van der Waals surface area contributed by atoms with E-state index in [0.717, 1.165) is 17.7 Å². The summed E-state index contributed by atoms with van der Waals surface area (Å²) in [7, 11) is 1.68. The van der Waals surface area contributed by atoms with Gasteiger partial charge < -0.3 is 16.2 Å². The molecule has 0 heterocycles. The van der Waals surface area contributed by atoms with Gasteiger partial charge in [-0.15, -0.1) is 0 Å². The molecule has 0 bridgehead atoms. The van der Waals surface area contributed by atoms with Crippen LogP contribution in [0.5, 0.6) is 5.75 Å². The number of nitrogens with two attached hydrogens (primary N) is 2. The monoisotopic (exact) mass is 236 g/mol. The van der Waals surface area contributed by atoms with E-state index >= 15 is 0 Å². The van der Waals surface area contributed by atoms with Gasteiger partial charge in [-0.1, -0.05) is 19.4 Å². The first-order valence-corrected chi connectivity index (χ1v) is 6.15. The molecule has 0 aromatic heterocycles. The molecular formula is C14H24N2O. The van der Waals surface area contributed by atoms with Gasteiger partial charge >= 0.3 is 0 Å². The fourth-order valence-electron chi connectivity index (χ4n) is 2.07. The fourth-order valence-corrected chi connectivity index (χ4v) is 2.07. The summed E-state index contributed by atoms with van der Waals surface area (Å²) in [6.45, 7) is 6.89. The molecule has 0 radical (unpaired) electrons. The molecule has 3 nitrogen and oxygen atoms in total. The van der Waals surface area contributed by atoms with E-state index in [2.05, 4.69) is 26.8 Å². The number of rotatable bonds is 5. The third-order valence-electron chi connectivity index (χ3n) is 3.54. The second-order valence-electron chi connectivity index (χ2n) is 4.61. The topological polar surface area (TPSA) is 61.3 Å². The molecule has 0 amide bonds. The molecule has 0 spiro atoms. The van der Waals surface area contributed by atoms with E-state index in [0.29, 0.717) is 12.5 Å². The number of ether oxygens (including phenoxy) is 1. The van der Waals surface area contributed by atoms with Crippen molar-refractivity contribution in [3.63, 3.8) is 0 Å². The summed E-state index contributed by atoms with van der Waals surface area (Å²) in [5.74, 6) is 1.17. The standard InChI is InChI=1S/C14H24N2O/c1-5-11(8-15)14(16)12-6-9(2)10(3)7-13(12)17-4/h6-7,11,14H,5,8,15-16H2,1-4H3. The Kier molecular flexibility index (Phi) is 4.97. The van der Waals surface area contributed by atoms with Crippen molar-refractivity contribution in [2.45, 2.75) is 33.2 Å². The van der Waals surface area contributed by atoms with Crippen molar-refractivity contribution in [1.82, 2.24) is 0 Å². The molecule has 2 atom stereocenters. The van der Waals surface area contributed by atoms with Gasteiger partial charge in [0.05, 0.1) is 7.11 Å². The van der Waals surface area contributed by atoms with Crippen molar-refractivity contribution < 1.29 is 4.74 Å².